The molecule has 2 heterocycles. The van der Waals surface area contributed by atoms with Gasteiger partial charge in [0.25, 0.3) is 11.7 Å². The van der Waals surface area contributed by atoms with Crippen molar-refractivity contribution in [1.82, 2.24) is 9.55 Å². The van der Waals surface area contributed by atoms with Crippen LogP contribution in [0.1, 0.15) is 23.7 Å². The number of aryl methyl sites for hydroxylation is 1. The van der Waals surface area contributed by atoms with E-state index in [1.165, 1.54) is 0 Å². The van der Waals surface area contributed by atoms with Gasteiger partial charge in [-0.1, -0.05) is 19.1 Å². The summed E-state index contributed by atoms with van der Waals surface area (Å²) in [6, 6.07) is 9.70. The fourth-order valence-electron chi connectivity index (χ4n) is 2.76. The predicted octanol–water partition coefficient (Wildman–Crippen LogP) is 2.78. The van der Waals surface area contributed by atoms with Crippen LogP contribution in [0.2, 0.25) is 0 Å². The maximum Gasteiger partial charge on any atom is 0.289 e. The van der Waals surface area contributed by atoms with E-state index in [2.05, 4.69) is 11.9 Å². The van der Waals surface area contributed by atoms with Crippen LogP contribution in [-0.4, -0.2) is 21.2 Å². The van der Waals surface area contributed by atoms with Crippen molar-refractivity contribution in [3.63, 3.8) is 0 Å². The lowest BCUT2D eigenvalue weighted by molar-refractivity contribution is -0.114. The van der Waals surface area contributed by atoms with Crippen LogP contribution in [0.5, 0.6) is 0 Å². The highest BCUT2D eigenvalue weighted by atomic mass is 16.2. The smallest absolute Gasteiger partial charge is 0.289 e. The number of aromatic nitrogens is 2. The topological polar surface area (TPSA) is 78.0 Å². The number of Topliss-reactive ketones (excluding diaryl/α,β-unsaturated/α-hetero) is 1. The summed E-state index contributed by atoms with van der Waals surface area (Å²) in [5, 5.41) is 0.750. The van der Waals surface area contributed by atoms with E-state index in [-0.39, 0.29) is 0 Å². The van der Waals surface area contributed by atoms with E-state index < -0.39 is 11.7 Å². The number of primary amides is 1. The third-order valence-corrected chi connectivity index (χ3v) is 3.83. The van der Waals surface area contributed by atoms with Gasteiger partial charge in [0.1, 0.15) is 0 Å². The number of pyridine rings is 1. The van der Waals surface area contributed by atoms with Crippen LogP contribution in [0, 0.1) is 0 Å². The van der Waals surface area contributed by atoms with Crippen molar-refractivity contribution < 1.29 is 9.59 Å². The number of rotatable bonds is 5. The third-order valence-electron chi connectivity index (χ3n) is 3.83. The summed E-state index contributed by atoms with van der Waals surface area (Å²) in [6.45, 7) is 2.83. The molecule has 116 valence electrons. The molecule has 1 amide bonds. The van der Waals surface area contributed by atoms with Crippen molar-refractivity contribution in [1.29, 1.82) is 0 Å². The molecule has 2 aromatic heterocycles. The van der Waals surface area contributed by atoms with Gasteiger partial charge in [0.15, 0.2) is 0 Å². The molecule has 3 rings (SSSR count). The molecule has 5 nitrogen and oxygen atoms in total. The maximum absolute atomic E-state index is 12.0. The largest absolute Gasteiger partial charge is 0.363 e. The quantitative estimate of drug-likeness (QED) is 0.581. The van der Waals surface area contributed by atoms with E-state index in [0.29, 0.717) is 5.56 Å². The standard InChI is InChI=1S/C18H17N3O2/c1-2-9-21-11-15(17(22)18(19)23)14-4-3-13(10-16(14)21)12-5-7-20-8-6-12/h3-8,10-11H,2,9H2,1H3,(H2,19,23). The normalized spacial score (nSPS) is 10.8. The van der Waals surface area contributed by atoms with Crippen LogP contribution in [0.25, 0.3) is 22.0 Å². The number of benzene rings is 1. The fourth-order valence-corrected chi connectivity index (χ4v) is 2.76. The first-order chi connectivity index (χ1) is 11.1. The Morgan fingerprint density at radius 2 is 1.87 bits per heavy atom. The van der Waals surface area contributed by atoms with E-state index in [4.69, 9.17) is 5.73 Å². The van der Waals surface area contributed by atoms with Crippen LogP contribution < -0.4 is 5.73 Å². The highest BCUT2D eigenvalue weighted by molar-refractivity contribution is 6.44. The van der Waals surface area contributed by atoms with E-state index in [0.717, 1.165) is 35.0 Å². The molecule has 2 N–H and O–H groups in total. The Balaban J connectivity index is 2.19. The molecule has 0 aliphatic rings. The van der Waals surface area contributed by atoms with Crippen molar-refractivity contribution in [3.8, 4) is 11.1 Å². The van der Waals surface area contributed by atoms with Gasteiger partial charge in [0, 0.05) is 36.0 Å². The molecule has 0 aliphatic carbocycles. The molecule has 0 saturated carbocycles. The molecule has 5 heteroatoms. The maximum atomic E-state index is 12.0. The Labute approximate surface area is 133 Å². The minimum atomic E-state index is -0.932. The number of hydrogen-bond acceptors (Lipinski definition) is 3. The molecule has 0 aliphatic heterocycles. The second-order valence-electron chi connectivity index (χ2n) is 5.40. The summed E-state index contributed by atoms with van der Waals surface area (Å²) < 4.78 is 2.00. The zero-order valence-electron chi connectivity index (χ0n) is 12.8. The van der Waals surface area contributed by atoms with E-state index >= 15 is 0 Å². The van der Waals surface area contributed by atoms with Gasteiger partial charge in [-0.05, 0) is 35.7 Å². The summed E-state index contributed by atoms with van der Waals surface area (Å²) in [7, 11) is 0. The molecule has 0 spiro atoms. The zero-order valence-corrected chi connectivity index (χ0v) is 12.8. The van der Waals surface area contributed by atoms with E-state index in [1.54, 1.807) is 18.6 Å². The molecule has 0 bridgehead atoms. The molecule has 0 unspecified atom stereocenters. The monoisotopic (exact) mass is 307 g/mol. The number of carbonyl (C=O) groups excluding carboxylic acids is 2. The zero-order chi connectivity index (χ0) is 16.4. The number of ketones is 1. The molecule has 0 fully saturated rings. The minimum Gasteiger partial charge on any atom is -0.363 e. The predicted molar refractivity (Wildman–Crippen MR) is 89.0 cm³/mol. The summed E-state index contributed by atoms with van der Waals surface area (Å²) >= 11 is 0. The van der Waals surface area contributed by atoms with Crippen LogP contribution in [0.3, 0.4) is 0 Å². The van der Waals surface area contributed by atoms with Crippen molar-refractivity contribution in [2.24, 2.45) is 5.73 Å². The third kappa shape index (κ3) is 2.73. The van der Waals surface area contributed by atoms with Crippen molar-refractivity contribution in [2.45, 2.75) is 19.9 Å². The Kier molecular flexibility index (Phi) is 3.93. The SMILES string of the molecule is CCCn1cc(C(=O)C(N)=O)c2ccc(-c3ccncc3)cc21. The molecule has 3 aromatic rings. The molecule has 0 saturated heterocycles. The molecule has 1 aromatic carbocycles. The lowest BCUT2D eigenvalue weighted by atomic mass is 10.0. The van der Waals surface area contributed by atoms with Gasteiger partial charge >= 0.3 is 0 Å². The van der Waals surface area contributed by atoms with Crippen LogP contribution in [-0.2, 0) is 11.3 Å². The highest BCUT2D eigenvalue weighted by Gasteiger charge is 2.19. The number of nitrogens with two attached hydrogens (primary N) is 1. The van der Waals surface area contributed by atoms with Gasteiger partial charge in [0.2, 0.25) is 0 Å². The molecule has 0 atom stereocenters. The van der Waals surface area contributed by atoms with Crippen molar-refractivity contribution in [2.75, 3.05) is 0 Å². The fraction of sp³-hybridized carbons (Fsp3) is 0.167. The summed E-state index contributed by atoms with van der Waals surface area (Å²) in [5.74, 6) is -1.58. The van der Waals surface area contributed by atoms with E-state index in [1.807, 2.05) is 34.9 Å². The second kappa shape index (κ2) is 6.04. The second-order valence-corrected chi connectivity index (χ2v) is 5.40. The van der Waals surface area contributed by atoms with Gasteiger partial charge in [-0.2, -0.15) is 0 Å². The number of carbonyl (C=O) groups is 2. The minimum absolute atomic E-state index is 0.363. The number of amides is 1. The van der Waals surface area contributed by atoms with Crippen LogP contribution >= 0.6 is 0 Å². The van der Waals surface area contributed by atoms with Crippen LogP contribution in [0.4, 0.5) is 0 Å². The summed E-state index contributed by atoms with van der Waals surface area (Å²) in [5.41, 5.74) is 8.53. The average molecular weight is 307 g/mol. The lowest BCUT2D eigenvalue weighted by Crippen LogP contribution is -2.22. The first-order valence-electron chi connectivity index (χ1n) is 7.49. The summed E-state index contributed by atoms with van der Waals surface area (Å²) in [6.07, 6.45) is 6.13. The number of hydrogen-bond donors (Lipinski definition) is 1. The lowest BCUT2D eigenvalue weighted by Gasteiger charge is -2.05. The highest BCUT2D eigenvalue weighted by Crippen LogP contribution is 2.28. The Bertz CT molecular complexity index is 882. The molecular weight excluding hydrogens is 290 g/mol. The van der Waals surface area contributed by atoms with Crippen molar-refractivity contribution in [3.05, 3.63) is 54.5 Å². The first-order valence-corrected chi connectivity index (χ1v) is 7.49. The molecule has 23 heavy (non-hydrogen) atoms. The Morgan fingerprint density at radius 3 is 2.52 bits per heavy atom. The first kappa shape index (κ1) is 15.0. The van der Waals surface area contributed by atoms with Gasteiger partial charge in [-0.3, -0.25) is 14.6 Å². The van der Waals surface area contributed by atoms with Crippen molar-refractivity contribution >= 4 is 22.6 Å². The van der Waals surface area contributed by atoms with Gasteiger partial charge < -0.3 is 10.3 Å². The summed E-state index contributed by atoms with van der Waals surface area (Å²) in [4.78, 5) is 27.3. The molecule has 0 radical (unpaired) electrons. The van der Waals surface area contributed by atoms with Gasteiger partial charge in [-0.15, -0.1) is 0 Å². The Morgan fingerprint density at radius 1 is 1.13 bits per heavy atom. The van der Waals surface area contributed by atoms with Gasteiger partial charge in [0.05, 0.1) is 5.56 Å². The van der Waals surface area contributed by atoms with E-state index in [9.17, 15) is 9.59 Å². The van der Waals surface area contributed by atoms with Crippen LogP contribution in [0.15, 0.2) is 48.9 Å². The Hall–Kier alpha value is -2.95. The average Bonchev–Trinajstić information content (AvgIpc) is 2.93. The van der Waals surface area contributed by atoms with Gasteiger partial charge in [-0.25, -0.2) is 0 Å². The molecular formula is C18H17N3O2. The number of fused-ring (bicyclic) bond motifs is 1. The number of nitrogens with zero attached hydrogens (tertiary/aromatic N) is 2.